The first-order chi connectivity index (χ1) is 11.3. The number of carbonyl (C=O) groups excluding carboxylic acids is 3. The third-order valence-electron chi connectivity index (χ3n) is 8.14. The van der Waals surface area contributed by atoms with Crippen LogP contribution in [0.3, 0.4) is 0 Å². The highest BCUT2D eigenvalue weighted by molar-refractivity contribution is 5.93. The Morgan fingerprint density at radius 3 is 2.58 bits per heavy atom. The van der Waals surface area contributed by atoms with Crippen molar-refractivity contribution in [2.75, 3.05) is 0 Å². The molecule has 0 aromatic rings. The second kappa shape index (κ2) is 5.12. The van der Waals surface area contributed by atoms with E-state index in [0.717, 1.165) is 32.1 Å². The molecule has 4 aliphatic rings. The lowest BCUT2D eigenvalue weighted by Gasteiger charge is -2.56. The largest absolute Gasteiger partial charge is 0.300 e. The molecule has 0 heterocycles. The lowest BCUT2D eigenvalue weighted by atomic mass is 9.46. The van der Waals surface area contributed by atoms with Crippen molar-refractivity contribution in [1.82, 2.24) is 0 Å². The molecule has 0 aromatic heterocycles. The van der Waals surface area contributed by atoms with Crippen molar-refractivity contribution in [3.8, 4) is 0 Å². The molecule has 3 fully saturated rings. The van der Waals surface area contributed by atoms with Crippen molar-refractivity contribution in [3.63, 3.8) is 0 Å². The van der Waals surface area contributed by atoms with Crippen LogP contribution in [0.25, 0.3) is 0 Å². The van der Waals surface area contributed by atoms with E-state index in [1.807, 2.05) is 6.08 Å². The minimum absolute atomic E-state index is 0.0603. The SMILES string of the molecule is CC(=O)[C@@H]1CC[C@H]2[C@@H]3CCC4=CC(=O)CC[C@@]4(C)[C@@H]3C(=O)C[C@]12C. The summed E-state index contributed by atoms with van der Waals surface area (Å²) in [7, 11) is 0. The van der Waals surface area contributed by atoms with Gasteiger partial charge < -0.3 is 0 Å². The molecule has 3 nitrogen and oxygen atoms in total. The van der Waals surface area contributed by atoms with Gasteiger partial charge in [-0.15, -0.1) is 0 Å². The Kier molecular flexibility index (Phi) is 3.47. The normalized spacial score (nSPS) is 47.5. The van der Waals surface area contributed by atoms with Crippen LogP contribution in [0.4, 0.5) is 0 Å². The number of ketones is 3. The van der Waals surface area contributed by atoms with Gasteiger partial charge in [0.05, 0.1) is 0 Å². The summed E-state index contributed by atoms with van der Waals surface area (Å²) in [5, 5.41) is 0. The molecule has 130 valence electrons. The summed E-state index contributed by atoms with van der Waals surface area (Å²) >= 11 is 0. The summed E-state index contributed by atoms with van der Waals surface area (Å²) in [4.78, 5) is 37.3. The highest BCUT2D eigenvalue weighted by Crippen LogP contribution is 2.65. The molecule has 4 aliphatic carbocycles. The van der Waals surface area contributed by atoms with Gasteiger partial charge in [0.1, 0.15) is 11.6 Å². The predicted molar refractivity (Wildman–Crippen MR) is 91.3 cm³/mol. The molecule has 0 unspecified atom stereocenters. The van der Waals surface area contributed by atoms with Crippen LogP contribution in [-0.4, -0.2) is 17.3 Å². The van der Waals surface area contributed by atoms with Crippen molar-refractivity contribution >= 4 is 17.3 Å². The first kappa shape index (κ1) is 16.2. The molecule has 24 heavy (non-hydrogen) atoms. The highest BCUT2D eigenvalue weighted by Gasteiger charge is 2.62. The molecule has 3 saturated carbocycles. The fraction of sp³-hybridized carbons (Fsp3) is 0.762. The maximum Gasteiger partial charge on any atom is 0.155 e. The average molecular weight is 328 g/mol. The van der Waals surface area contributed by atoms with E-state index in [-0.39, 0.29) is 34.2 Å². The van der Waals surface area contributed by atoms with Gasteiger partial charge in [-0.25, -0.2) is 0 Å². The Labute approximate surface area is 144 Å². The van der Waals surface area contributed by atoms with Gasteiger partial charge in [0.2, 0.25) is 0 Å². The predicted octanol–water partition coefficient (Wildman–Crippen LogP) is 3.90. The van der Waals surface area contributed by atoms with Gasteiger partial charge >= 0.3 is 0 Å². The first-order valence-corrected chi connectivity index (χ1v) is 9.54. The number of rotatable bonds is 1. The zero-order valence-corrected chi connectivity index (χ0v) is 15.1. The molecule has 4 rings (SSSR count). The zero-order valence-electron chi connectivity index (χ0n) is 15.1. The summed E-state index contributed by atoms with van der Waals surface area (Å²) in [5.41, 5.74) is 0.966. The van der Waals surface area contributed by atoms with Gasteiger partial charge in [0.25, 0.3) is 0 Å². The van der Waals surface area contributed by atoms with Gasteiger partial charge in [-0.05, 0) is 67.8 Å². The number of allylic oxidation sites excluding steroid dienone is 1. The molecule has 0 aliphatic heterocycles. The summed E-state index contributed by atoms with van der Waals surface area (Å²) in [6.07, 6.45) is 7.80. The van der Waals surface area contributed by atoms with Crippen molar-refractivity contribution in [2.45, 2.75) is 65.7 Å². The van der Waals surface area contributed by atoms with Crippen LogP contribution in [0.1, 0.15) is 65.7 Å². The highest BCUT2D eigenvalue weighted by atomic mass is 16.1. The van der Waals surface area contributed by atoms with E-state index >= 15 is 0 Å². The van der Waals surface area contributed by atoms with Gasteiger partial charge in [-0.1, -0.05) is 19.4 Å². The third kappa shape index (κ3) is 1.99. The molecule has 3 heteroatoms. The molecule has 0 spiro atoms. The van der Waals surface area contributed by atoms with Crippen molar-refractivity contribution in [2.24, 2.45) is 34.5 Å². The lowest BCUT2D eigenvalue weighted by molar-refractivity contribution is -0.148. The Morgan fingerprint density at radius 1 is 1.12 bits per heavy atom. The molecular weight excluding hydrogens is 300 g/mol. The summed E-state index contributed by atoms with van der Waals surface area (Å²) in [6.45, 7) is 6.12. The monoisotopic (exact) mass is 328 g/mol. The van der Waals surface area contributed by atoms with E-state index < -0.39 is 0 Å². The number of hydrogen-bond acceptors (Lipinski definition) is 3. The topological polar surface area (TPSA) is 51.2 Å². The average Bonchev–Trinajstić information content (AvgIpc) is 2.84. The second-order valence-corrected chi connectivity index (χ2v) is 9.23. The van der Waals surface area contributed by atoms with Crippen LogP contribution in [-0.2, 0) is 14.4 Å². The third-order valence-corrected chi connectivity index (χ3v) is 8.14. The van der Waals surface area contributed by atoms with Crippen LogP contribution in [0.2, 0.25) is 0 Å². The van der Waals surface area contributed by atoms with Gasteiger partial charge in [0.15, 0.2) is 5.78 Å². The minimum atomic E-state index is -0.133. The fourth-order valence-corrected chi connectivity index (χ4v) is 7.05. The van der Waals surface area contributed by atoms with E-state index in [2.05, 4.69) is 13.8 Å². The number of Topliss-reactive ketones (excluding diaryl/α,β-unsaturated/α-hetero) is 2. The number of fused-ring (bicyclic) bond motifs is 5. The Balaban J connectivity index is 1.74. The van der Waals surface area contributed by atoms with Crippen LogP contribution < -0.4 is 0 Å². The van der Waals surface area contributed by atoms with E-state index in [9.17, 15) is 14.4 Å². The molecule has 0 bridgehead atoms. The van der Waals surface area contributed by atoms with Gasteiger partial charge in [-0.2, -0.15) is 0 Å². The van der Waals surface area contributed by atoms with E-state index in [4.69, 9.17) is 0 Å². The van der Waals surface area contributed by atoms with E-state index in [0.29, 0.717) is 30.5 Å². The maximum atomic E-state index is 13.3. The molecule has 0 radical (unpaired) electrons. The molecular formula is C21H28O3. The van der Waals surface area contributed by atoms with Crippen molar-refractivity contribution in [3.05, 3.63) is 11.6 Å². The van der Waals surface area contributed by atoms with Gasteiger partial charge in [0, 0.05) is 24.7 Å². The first-order valence-electron chi connectivity index (χ1n) is 9.54. The smallest absolute Gasteiger partial charge is 0.155 e. The Morgan fingerprint density at radius 2 is 1.88 bits per heavy atom. The summed E-state index contributed by atoms with van der Waals surface area (Å²) < 4.78 is 0. The van der Waals surface area contributed by atoms with Gasteiger partial charge in [-0.3, -0.25) is 14.4 Å². The van der Waals surface area contributed by atoms with Crippen LogP contribution in [0.5, 0.6) is 0 Å². The molecule has 0 N–H and O–H groups in total. The van der Waals surface area contributed by atoms with E-state index in [1.165, 1.54) is 5.57 Å². The fourth-order valence-electron chi connectivity index (χ4n) is 7.05. The zero-order chi connectivity index (χ0) is 17.3. The second-order valence-electron chi connectivity index (χ2n) is 9.23. The quantitative estimate of drug-likeness (QED) is 0.733. The Hall–Kier alpha value is -1.25. The number of carbonyl (C=O) groups is 3. The summed E-state index contributed by atoms with van der Waals surface area (Å²) in [5.74, 6) is 1.86. The number of hydrogen-bond donors (Lipinski definition) is 0. The summed E-state index contributed by atoms with van der Waals surface area (Å²) in [6, 6.07) is 0. The van der Waals surface area contributed by atoms with Crippen LogP contribution in [0.15, 0.2) is 11.6 Å². The standard InChI is InChI=1S/C21H28O3/c1-12(22)16-6-7-17-15-5-4-13-10-14(23)8-9-20(13,2)19(15)18(24)11-21(16,17)3/h10,15-17,19H,4-9,11H2,1-3H3/t15-,16-,17-,19-,20+,21+/m0/s1. The Bertz CT molecular complexity index is 660. The minimum Gasteiger partial charge on any atom is -0.300 e. The molecule has 0 aromatic carbocycles. The molecule has 0 saturated heterocycles. The van der Waals surface area contributed by atoms with Crippen LogP contribution >= 0.6 is 0 Å². The van der Waals surface area contributed by atoms with Crippen molar-refractivity contribution in [1.29, 1.82) is 0 Å². The van der Waals surface area contributed by atoms with E-state index in [1.54, 1.807) is 6.92 Å². The van der Waals surface area contributed by atoms with Crippen molar-refractivity contribution < 1.29 is 14.4 Å². The molecule has 6 atom stereocenters. The molecule has 0 amide bonds. The maximum absolute atomic E-state index is 13.3. The van der Waals surface area contributed by atoms with Crippen LogP contribution in [0, 0.1) is 34.5 Å². The lowest BCUT2D eigenvalue weighted by Crippen LogP contribution is -2.55.